The SMILES string of the molecule is CCC(=O)O[C@]1(C(=O)CCl)[C@@H](C)C[C@H]2[C@@H]3CCC4=CC(=O)C=C[C@]4(C)[C@@]3(F)[C@@H](O)C[C@@]21C.Clc1ccc(COC(Cn2ccnc2)c2ccc(Cl)cc2Cl)c(Cl)c1.O=[N+]([O-])O. The Kier molecular flexibility index (Phi) is 15.5. The van der Waals surface area contributed by atoms with Crippen molar-refractivity contribution in [3.8, 4) is 0 Å². The number of aliphatic hydroxyl groups excluding tert-OH is 1. The predicted octanol–water partition coefficient (Wildman–Crippen LogP) is 10.2. The van der Waals surface area contributed by atoms with Crippen molar-refractivity contribution < 1.29 is 43.6 Å². The van der Waals surface area contributed by atoms with Crippen molar-refractivity contribution in [1.29, 1.82) is 0 Å². The molecule has 0 spiro atoms. The number of carbonyl (C=O) groups is 3. The first-order valence-corrected chi connectivity index (χ1v) is 21.6. The minimum Gasteiger partial charge on any atom is -0.450 e. The van der Waals surface area contributed by atoms with Crippen LogP contribution >= 0.6 is 58.0 Å². The molecule has 9 atom stereocenters. The molecule has 18 heteroatoms. The number of imidazole rings is 1. The van der Waals surface area contributed by atoms with Crippen LogP contribution in [0, 0.1) is 38.7 Å². The Hall–Kier alpha value is -3.56. The fourth-order valence-electron chi connectivity index (χ4n) is 10.2. The molecule has 1 unspecified atom stereocenters. The minimum absolute atomic E-state index is 0.0285. The van der Waals surface area contributed by atoms with Crippen LogP contribution in [0.2, 0.25) is 20.1 Å². The van der Waals surface area contributed by atoms with Crippen LogP contribution < -0.4 is 0 Å². The number of alkyl halides is 2. The molecule has 4 aliphatic rings. The Labute approximate surface area is 378 Å². The lowest BCUT2D eigenvalue weighted by molar-refractivity contribution is -0.742. The van der Waals surface area contributed by atoms with E-state index >= 15 is 4.39 Å². The number of carbonyl (C=O) groups excluding carboxylic acids is 3. The number of fused-ring (bicyclic) bond motifs is 5. The zero-order valence-electron chi connectivity index (χ0n) is 33.8. The van der Waals surface area contributed by atoms with E-state index in [-0.39, 0.29) is 48.2 Å². The molecule has 0 bridgehead atoms. The van der Waals surface area contributed by atoms with Gasteiger partial charge in [0.2, 0.25) is 0 Å². The number of benzene rings is 2. The summed E-state index contributed by atoms with van der Waals surface area (Å²) in [6.07, 6.45) is 9.70. The molecular formula is C43H47Cl5FN3O9. The van der Waals surface area contributed by atoms with Crippen molar-refractivity contribution in [1.82, 2.24) is 9.55 Å². The second-order valence-electron chi connectivity index (χ2n) is 16.2. The highest BCUT2D eigenvalue weighted by Gasteiger charge is 2.77. The summed E-state index contributed by atoms with van der Waals surface area (Å²) in [6, 6.07) is 10.7. The van der Waals surface area contributed by atoms with Crippen molar-refractivity contribution in [3.63, 3.8) is 0 Å². The van der Waals surface area contributed by atoms with Crippen molar-refractivity contribution in [2.75, 3.05) is 5.88 Å². The quantitative estimate of drug-likeness (QED) is 0.0863. The summed E-state index contributed by atoms with van der Waals surface area (Å²) in [7, 11) is 0. The third-order valence-electron chi connectivity index (χ3n) is 13.0. The van der Waals surface area contributed by atoms with Crippen molar-refractivity contribution in [3.05, 3.63) is 120 Å². The van der Waals surface area contributed by atoms with Gasteiger partial charge in [-0.1, -0.05) is 91.0 Å². The van der Waals surface area contributed by atoms with Crippen LogP contribution in [0.25, 0.3) is 0 Å². The maximum absolute atomic E-state index is 17.2. The van der Waals surface area contributed by atoms with Gasteiger partial charge in [-0.15, -0.1) is 21.7 Å². The summed E-state index contributed by atoms with van der Waals surface area (Å²) in [5, 5.41) is 27.3. The fourth-order valence-corrected chi connectivity index (χ4v) is 11.4. The Morgan fingerprint density at radius 2 is 1.75 bits per heavy atom. The van der Waals surface area contributed by atoms with E-state index in [1.807, 2.05) is 36.7 Å². The molecule has 2 aromatic carbocycles. The van der Waals surface area contributed by atoms with E-state index in [0.29, 0.717) is 58.1 Å². The maximum Gasteiger partial charge on any atom is 0.306 e. The summed E-state index contributed by atoms with van der Waals surface area (Å²) >= 11 is 30.5. The average Bonchev–Trinajstić information content (AvgIpc) is 3.78. The van der Waals surface area contributed by atoms with E-state index < -0.39 is 45.2 Å². The summed E-state index contributed by atoms with van der Waals surface area (Å²) in [5.74, 6) is -2.57. The number of halogens is 6. The van der Waals surface area contributed by atoms with Gasteiger partial charge in [-0.05, 0) is 80.5 Å². The second kappa shape index (κ2) is 19.5. The van der Waals surface area contributed by atoms with Crippen LogP contribution in [-0.2, 0) is 37.0 Å². The highest BCUT2D eigenvalue weighted by Crippen LogP contribution is 2.71. The lowest BCUT2D eigenvalue weighted by Gasteiger charge is -2.62. The molecule has 61 heavy (non-hydrogen) atoms. The molecule has 330 valence electrons. The number of ether oxygens (including phenoxy) is 2. The van der Waals surface area contributed by atoms with Gasteiger partial charge < -0.3 is 24.4 Å². The lowest BCUT2D eigenvalue weighted by Crippen LogP contribution is -2.70. The van der Waals surface area contributed by atoms with Gasteiger partial charge in [-0.25, -0.2) is 9.37 Å². The van der Waals surface area contributed by atoms with Gasteiger partial charge in [0, 0.05) is 67.1 Å². The number of ketones is 2. The first kappa shape index (κ1) is 48.5. The topological polar surface area (TPSA) is 171 Å². The van der Waals surface area contributed by atoms with Gasteiger partial charge in [0.1, 0.15) is 6.10 Å². The van der Waals surface area contributed by atoms with Crippen LogP contribution in [-0.4, -0.2) is 65.7 Å². The van der Waals surface area contributed by atoms with Gasteiger partial charge in [-0.3, -0.25) is 14.4 Å². The van der Waals surface area contributed by atoms with Gasteiger partial charge in [0.05, 0.1) is 31.5 Å². The molecule has 3 fully saturated rings. The van der Waals surface area contributed by atoms with Crippen LogP contribution in [0.15, 0.2) is 78.9 Å². The number of nitrogens with zero attached hydrogens (tertiary/aromatic N) is 3. The molecule has 4 aliphatic carbocycles. The normalized spacial score (nSPS) is 30.2. The largest absolute Gasteiger partial charge is 0.450 e. The highest BCUT2D eigenvalue weighted by molar-refractivity contribution is 6.35. The molecule has 3 aromatic rings. The van der Waals surface area contributed by atoms with E-state index in [1.165, 1.54) is 12.2 Å². The molecule has 0 aliphatic heterocycles. The number of esters is 1. The number of aromatic nitrogens is 2. The molecule has 7 rings (SSSR count). The number of Topliss-reactive ketones (excluding diaryl/α,β-unsaturated/α-hetero) is 1. The number of aliphatic hydroxyl groups is 1. The fraction of sp³-hybridized carbons (Fsp3) is 0.488. The Bertz CT molecular complexity index is 2190. The van der Waals surface area contributed by atoms with Gasteiger partial charge in [0.25, 0.3) is 5.09 Å². The second-order valence-corrected chi connectivity index (χ2v) is 18.2. The summed E-state index contributed by atoms with van der Waals surface area (Å²) < 4.78 is 31.2. The molecule has 12 nitrogen and oxygen atoms in total. The zero-order valence-corrected chi connectivity index (χ0v) is 37.6. The third kappa shape index (κ3) is 9.39. The summed E-state index contributed by atoms with van der Waals surface area (Å²) in [6.45, 7) is 8.02. The van der Waals surface area contributed by atoms with Crippen molar-refractivity contribution in [2.45, 2.75) is 96.4 Å². The van der Waals surface area contributed by atoms with E-state index in [9.17, 15) is 19.5 Å². The van der Waals surface area contributed by atoms with Crippen molar-refractivity contribution in [2.24, 2.45) is 28.6 Å². The van der Waals surface area contributed by atoms with E-state index in [1.54, 1.807) is 56.7 Å². The standard InChI is InChI=1S/C25H32ClFO5.C18H14Cl4N2O.HNO3/c1-5-21(31)32-25(20(30)13-26)14(2)10-18-17-7-6-15-11-16(28)8-9-22(15,3)24(17,27)19(29)12-23(18,25)4;19-13-2-1-12(16(21)7-13)10-25-18(9-24-6-5-23-11-24)15-4-3-14(20)8-17(15)22;2-1(3)4/h8-9,11,14,17-19,29H,5-7,10,12-13H2,1-4H3;1-8,11,18H,9-10H2;(H,2,3,4)/t14-,17-,18-,19-,22-,23-,24-,25-;;/m0../s1. The first-order valence-electron chi connectivity index (χ1n) is 19.6. The van der Waals surface area contributed by atoms with Crippen LogP contribution in [0.1, 0.15) is 77.0 Å². The van der Waals surface area contributed by atoms with Crippen LogP contribution in [0.4, 0.5) is 4.39 Å². The number of allylic oxidation sites excluding steroid dienone is 4. The molecule has 1 heterocycles. The summed E-state index contributed by atoms with van der Waals surface area (Å²) in [4.78, 5) is 50.1. The molecule has 0 saturated heterocycles. The van der Waals surface area contributed by atoms with Gasteiger partial charge >= 0.3 is 5.97 Å². The molecule has 3 saturated carbocycles. The summed E-state index contributed by atoms with van der Waals surface area (Å²) in [5.41, 5.74) is -3.13. The number of hydrogen-bond acceptors (Lipinski definition) is 9. The lowest BCUT2D eigenvalue weighted by atomic mass is 9.44. The molecular weight excluding hydrogens is 899 g/mol. The Morgan fingerprint density at radius 3 is 2.34 bits per heavy atom. The Balaban J connectivity index is 0.000000218. The smallest absolute Gasteiger partial charge is 0.306 e. The van der Waals surface area contributed by atoms with Crippen molar-refractivity contribution >= 4 is 75.5 Å². The van der Waals surface area contributed by atoms with Crippen LogP contribution in [0.3, 0.4) is 0 Å². The molecule has 0 radical (unpaired) electrons. The monoisotopic (exact) mass is 943 g/mol. The predicted molar refractivity (Wildman–Crippen MR) is 229 cm³/mol. The molecule has 1 aromatic heterocycles. The minimum atomic E-state index is -1.99. The first-order chi connectivity index (χ1) is 28.7. The molecule has 0 amide bonds. The van der Waals surface area contributed by atoms with E-state index in [0.717, 1.165) is 11.1 Å². The number of rotatable bonds is 10. The van der Waals surface area contributed by atoms with Crippen LogP contribution in [0.5, 0.6) is 0 Å². The van der Waals surface area contributed by atoms with Gasteiger partial charge in [0.15, 0.2) is 22.8 Å². The third-order valence-corrected chi connectivity index (χ3v) is 14.4. The highest BCUT2D eigenvalue weighted by atomic mass is 35.5. The number of hydrogen-bond donors (Lipinski definition) is 2. The van der Waals surface area contributed by atoms with E-state index in [4.69, 9.17) is 82.8 Å². The zero-order chi connectivity index (χ0) is 45.1. The molecule has 2 N–H and O–H groups in total. The Morgan fingerprint density at radius 1 is 1.10 bits per heavy atom. The van der Waals surface area contributed by atoms with Gasteiger partial charge in [-0.2, -0.15) is 0 Å². The maximum atomic E-state index is 17.2. The average molecular weight is 946 g/mol. The van der Waals surface area contributed by atoms with E-state index in [2.05, 4.69) is 4.98 Å².